The molecule has 1 unspecified atom stereocenters. The predicted molar refractivity (Wildman–Crippen MR) is 76.1 cm³/mol. The van der Waals surface area contributed by atoms with Crippen LogP contribution in [0, 0.1) is 5.92 Å². The second-order valence-corrected chi connectivity index (χ2v) is 6.98. The zero-order valence-corrected chi connectivity index (χ0v) is 12.7. The molecule has 2 rings (SSSR count). The minimum atomic E-state index is -3.52. The summed E-state index contributed by atoms with van der Waals surface area (Å²) in [6, 6.07) is 4.70. The van der Waals surface area contributed by atoms with Gasteiger partial charge in [-0.05, 0) is 30.0 Å². The van der Waals surface area contributed by atoms with E-state index in [0.717, 1.165) is 12.8 Å². The van der Waals surface area contributed by atoms with E-state index in [1.807, 2.05) is 0 Å². The molecule has 0 bridgehead atoms. The molecule has 1 aromatic rings. The van der Waals surface area contributed by atoms with Crippen LogP contribution in [0.15, 0.2) is 23.1 Å². The van der Waals surface area contributed by atoms with Gasteiger partial charge in [0.15, 0.2) is 0 Å². The van der Waals surface area contributed by atoms with Crippen molar-refractivity contribution in [2.24, 2.45) is 5.92 Å². The van der Waals surface area contributed by atoms with Crippen LogP contribution in [0.4, 0.5) is 0 Å². The van der Waals surface area contributed by atoms with Crippen molar-refractivity contribution in [1.82, 2.24) is 4.31 Å². The first-order chi connectivity index (χ1) is 9.52. The van der Waals surface area contributed by atoms with Gasteiger partial charge >= 0.3 is 0 Å². The number of rotatable bonds is 5. The van der Waals surface area contributed by atoms with Crippen LogP contribution >= 0.6 is 0 Å². The van der Waals surface area contributed by atoms with E-state index in [1.165, 1.54) is 17.5 Å². The topological polar surface area (TPSA) is 66.8 Å². The average Bonchev–Trinajstić information content (AvgIpc) is 2.96. The first-order valence-electron chi connectivity index (χ1n) is 6.80. The predicted octanol–water partition coefficient (Wildman–Crippen LogP) is 1.61. The van der Waals surface area contributed by atoms with Crippen molar-refractivity contribution in [3.8, 4) is 5.75 Å². The maximum Gasteiger partial charge on any atom is 0.246 e. The lowest BCUT2D eigenvalue weighted by Crippen LogP contribution is -2.29. The van der Waals surface area contributed by atoms with Gasteiger partial charge < -0.3 is 9.84 Å². The molecule has 0 spiro atoms. The summed E-state index contributed by atoms with van der Waals surface area (Å²) in [5, 5.41) is 9.11. The standard InChI is InChI=1S/C14H21NO4S/c1-3-11-6-7-15(9-11)20(17,18)14-5-4-12(10-16)8-13(14)19-2/h4-5,8,11,16H,3,6-7,9-10H2,1-2H3. The summed E-state index contributed by atoms with van der Waals surface area (Å²) in [7, 11) is -2.08. The quantitative estimate of drug-likeness (QED) is 0.897. The van der Waals surface area contributed by atoms with Crippen LogP contribution in [0.2, 0.25) is 0 Å². The zero-order valence-electron chi connectivity index (χ0n) is 11.9. The van der Waals surface area contributed by atoms with Gasteiger partial charge in [-0.25, -0.2) is 8.42 Å². The second kappa shape index (κ2) is 6.11. The average molecular weight is 299 g/mol. The molecule has 1 aliphatic heterocycles. The molecule has 1 fully saturated rings. The molecule has 5 nitrogen and oxygen atoms in total. The molecule has 20 heavy (non-hydrogen) atoms. The van der Waals surface area contributed by atoms with Crippen LogP contribution in [0.25, 0.3) is 0 Å². The summed E-state index contributed by atoms with van der Waals surface area (Å²) in [4.78, 5) is 0.175. The summed E-state index contributed by atoms with van der Waals surface area (Å²) < 4.78 is 32.0. The lowest BCUT2D eigenvalue weighted by atomic mass is 10.1. The number of methoxy groups -OCH3 is 1. The number of hydrogen-bond acceptors (Lipinski definition) is 4. The monoisotopic (exact) mass is 299 g/mol. The Labute approximate surface area is 120 Å². The molecule has 0 aromatic heterocycles. The molecule has 0 aliphatic carbocycles. The van der Waals surface area contributed by atoms with Gasteiger partial charge in [0.2, 0.25) is 10.0 Å². The van der Waals surface area contributed by atoms with E-state index >= 15 is 0 Å². The Balaban J connectivity index is 2.34. The molecule has 0 saturated carbocycles. The van der Waals surface area contributed by atoms with Gasteiger partial charge in [0.1, 0.15) is 10.6 Å². The highest BCUT2D eigenvalue weighted by Gasteiger charge is 2.33. The molecule has 1 saturated heterocycles. The van der Waals surface area contributed by atoms with E-state index in [1.54, 1.807) is 12.1 Å². The number of hydrogen-bond donors (Lipinski definition) is 1. The Bertz CT molecular complexity index is 571. The zero-order chi connectivity index (χ0) is 14.8. The summed E-state index contributed by atoms with van der Waals surface area (Å²) >= 11 is 0. The Morgan fingerprint density at radius 1 is 1.45 bits per heavy atom. The Kier molecular flexibility index (Phi) is 4.67. The highest BCUT2D eigenvalue weighted by Crippen LogP contribution is 2.31. The largest absolute Gasteiger partial charge is 0.495 e. The molecule has 1 aromatic carbocycles. The van der Waals surface area contributed by atoms with Crippen molar-refractivity contribution in [3.63, 3.8) is 0 Å². The number of benzene rings is 1. The van der Waals surface area contributed by atoms with Crippen LogP contribution in [0.3, 0.4) is 0 Å². The highest BCUT2D eigenvalue weighted by molar-refractivity contribution is 7.89. The fraction of sp³-hybridized carbons (Fsp3) is 0.571. The molecule has 0 radical (unpaired) electrons. The number of aliphatic hydroxyl groups excluding tert-OH is 1. The van der Waals surface area contributed by atoms with Crippen molar-refractivity contribution >= 4 is 10.0 Å². The van der Waals surface area contributed by atoms with Crippen LogP contribution in [0.1, 0.15) is 25.3 Å². The van der Waals surface area contributed by atoms with Crippen LogP contribution in [-0.2, 0) is 16.6 Å². The second-order valence-electron chi connectivity index (χ2n) is 5.07. The van der Waals surface area contributed by atoms with Gasteiger partial charge in [-0.3, -0.25) is 0 Å². The van der Waals surface area contributed by atoms with Crippen molar-refractivity contribution < 1.29 is 18.3 Å². The first kappa shape index (κ1) is 15.3. The maximum atomic E-state index is 12.7. The van der Waals surface area contributed by atoms with E-state index < -0.39 is 10.0 Å². The van der Waals surface area contributed by atoms with Gasteiger partial charge in [0.25, 0.3) is 0 Å². The van der Waals surface area contributed by atoms with Crippen molar-refractivity contribution in [3.05, 3.63) is 23.8 Å². The molecular weight excluding hydrogens is 278 g/mol. The van der Waals surface area contributed by atoms with Crippen LogP contribution in [0.5, 0.6) is 5.75 Å². The Morgan fingerprint density at radius 3 is 2.75 bits per heavy atom. The molecule has 0 amide bonds. The Morgan fingerprint density at radius 2 is 2.20 bits per heavy atom. The first-order valence-corrected chi connectivity index (χ1v) is 8.24. The third-order valence-electron chi connectivity index (χ3n) is 3.85. The summed E-state index contributed by atoms with van der Waals surface area (Å²) in [5.41, 5.74) is 0.633. The SMILES string of the molecule is CCC1CCN(S(=O)(=O)c2ccc(CO)cc2OC)C1. The molecule has 1 heterocycles. The van der Waals surface area contributed by atoms with Gasteiger partial charge in [0, 0.05) is 13.1 Å². The van der Waals surface area contributed by atoms with Crippen molar-refractivity contribution in [2.75, 3.05) is 20.2 Å². The summed E-state index contributed by atoms with van der Waals surface area (Å²) in [6.07, 6.45) is 1.90. The summed E-state index contributed by atoms with van der Waals surface area (Å²) in [6.45, 7) is 3.07. The van der Waals surface area contributed by atoms with E-state index in [0.29, 0.717) is 24.6 Å². The van der Waals surface area contributed by atoms with E-state index in [-0.39, 0.29) is 17.3 Å². The number of sulfonamides is 1. The number of aliphatic hydroxyl groups is 1. The van der Waals surface area contributed by atoms with E-state index in [2.05, 4.69) is 6.92 Å². The maximum absolute atomic E-state index is 12.7. The van der Waals surface area contributed by atoms with E-state index in [4.69, 9.17) is 9.84 Å². The Hall–Kier alpha value is -1.11. The van der Waals surface area contributed by atoms with Crippen LogP contribution in [-0.4, -0.2) is 38.0 Å². The molecule has 112 valence electrons. The molecule has 1 N–H and O–H groups in total. The van der Waals surface area contributed by atoms with Gasteiger partial charge in [0.05, 0.1) is 13.7 Å². The lowest BCUT2D eigenvalue weighted by Gasteiger charge is -2.18. The number of nitrogens with zero attached hydrogens (tertiary/aromatic N) is 1. The number of ether oxygens (including phenoxy) is 1. The molecule has 1 atom stereocenters. The highest BCUT2D eigenvalue weighted by atomic mass is 32.2. The smallest absolute Gasteiger partial charge is 0.246 e. The lowest BCUT2D eigenvalue weighted by molar-refractivity contribution is 0.280. The minimum Gasteiger partial charge on any atom is -0.495 e. The van der Waals surface area contributed by atoms with Gasteiger partial charge in [-0.2, -0.15) is 4.31 Å². The fourth-order valence-corrected chi connectivity index (χ4v) is 4.18. The summed E-state index contributed by atoms with van der Waals surface area (Å²) in [5.74, 6) is 0.726. The minimum absolute atomic E-state index is 0.141. The van der Waals surface area contributed by atoms with Crippen LogP contribution < -0.4 is 4.74 Å². The van der Waals surface area contributed by atoms with E-state index in [9.17, 15) is 8.42 Å². The van der Waals surface area contributed by atoms with Gasteiger partial charge in [-0.1, -0.05) is 19.4 Å². The molecule has 1 aliphatic rings. The normalized spacial score (nSPS) is 20.2. The third-order valence-corrected chi connectivity index (χ3v) is 5.76. The third kappa shape index (κ3) is 2.82. The molecular formula is C14H21NO4S. The van der Waals surface area contributed by atoms with Gasteiger partial charge in [-0.15, -0.1) is 0 Å². The molecule has 6 heteroatoms. The van der Waals surface area contributed by atoms with Crippen molar-refractivity contribution in [1.29, 1.82) is 0 Å². The van der Waals surface area contributed by atoms with Crippen molar-refractivity contribution in [2.45, 2.75) is 31.3 Å². The fourth-order valence-electron chi connectivity index (χ4n) is 2.51.